The van der Waals surface area contributed by atoms with E-state index in [1.54, 1.807) is 0 Å². The van der Waals surface area contributed by atoms with Gasteiger partial charge in [0.15, 0.2) is 4.33 Å². The molecule has 0 aromatic carbocycles. The first-order valence-electron chi connectivity index (χ1n) is 3.36. The van der Waals surface area contributed by atoms with Gasteiger partial charge in [0.25, 0.3) is 0 Å². The first-order chi connectivity index (χ1) is 4.64. The molecule has 56 valence electrons. The molecule has 2 aliphatic rings. The number of aliphatic hydroxyl groups is 1. The molecule has 0 radical (unpaired) electrons. The molecule has 0 unspecified atom stereocenters. The van der Waals surface area contributed by atoms with Gasteiger partial charge in [-0.1, -0.05) is 35.4 Å². The van der Waals surface area contributed by atoms with Crippen molar-refractivity contribution in [1.82, 2.24) is 0 Å². The van der Waals surface area contributed by atoms with Crippen LogP contribution in [0.3, 0.4) is 0 Å². The standard InChI is InChI=1S/C7H8Cl2O/c8-7(9)5-3-1-2-4(5)6(7)10/h1,3-6,10H,2H2/t4-,5+,6+/m0/s1. The maximum absolute atomic E-state index is 9.34. The first kappa shape index (κ1) is 6.96. The van der Waals surface area contributed by atoms with Gasteiger partial charge in [0.2, 0.25) is 0 Å². The summed E-state index contributed by atoms with van der Waals surface area (Å²) in [5.41, 5.74) is 0. The average molecular weight is 179 g/mol. The van der Waals surface area contributed by atoms with Gasteiger partial charge < -0.3 is 5.11 Å². The van der Waals surface area contributed by atoms with Crippen LogP contribution in [-0.4, -0.2) is 15.5 Å². The Bertz CT molecular complexity index is 188. The molecule has 0 saturated heterocycles. The Kier molecular flexibility index (Phi) is 1.32. The van der Waals surface area contributed by atoms with E-state index in [0.29, 0.717) is 0 Å². The minimum atomic E-state index is -0.905. The highest BCUT2D eigenvalue weighted by molar-refractivity contribution is 6.50. The van der Waals surface area contributed by atoms with Crippen molar-refractivity contribution >= 4 is 23.2 Å². The lowest BCUT2D eigenvalue weighted by atomic mass is 9.72. The van der Waals surface area contributed by atoms with Crippen molar-refractivity contribution in [3.8, 4) is 0 Å². The first-order valence-corrected chi connectivity index (χ1v) is 4.12. The van der Waals surface area contributed by atoms with Crippen LogP contribution in [0.4, 0.5) is 0 Å². The monoisotopic (exact) mass is 178 g/mol. The van der Waals surface area contributed by atoms with Crippen molar-refractivity contribution in [2.24, 2.45) is 11.8 Å². The second kappa shape index (κ2) is 1.90. The highest BCUT2D eigenvalue weighted by Crippen LogP contribution is 2.56. The molecule has 0 amide bonds. The van der Waals surface area contributed by atoms with Crippen molar-refractivity contribution in [2.45, 2.75) is 16.9 Å². The van der Waals surface area contributed by atoms with Crippen LogP contribution in [0, 0.1) is 11.8 Å². The largest absolute Gasteiger partial charge is 0.390 e. The fourth-order valence-corrected chi connectivity index (χ4v) is 2.57. The lowest BCUT2D eigenvalue weighted by Gasteiger charge is -2.48. The number of alkyl halides is 2. The van der Waals surface area contributed by atoms with Gasteiger partial charge in [-0.15, -0.1) is 0 Å². The van der Waals surface area contributed by atoms with Gasteiger partial charge in [-0.2, -0.15) is 0 Å². The Morgan fingerprint density at radius 1 is 1.50 bits per heavy atom. The van der Waals surface area contributed by atoms with E-state index in [2.05, 4.69) is 0 Å². The maximum atomic E-state index is 9.34. The lowest BCUT2D eigenvalue weighted by Crippen LogP contribution is -2.57. The molecule has 2 aliphatic carbocycles. The molecule has 10 heavy (non-hydrogen) atoms. The van der Waals surface area contributed by atoms with E-state index in [9.17, 15) is 5.11 Å². The average Bonchev–Trinajstić information content (AvgIpc) is 2.31. The van der Waals surface area contributed by atoms with Crippen LogP contribution in [0.1, 0.15) is 6.42 Å². The van der Waals surface area contributed by atoms with Gasteiger partial charge in [0.05, 0.1) is 6.10 Å². The summed E-state index contributed by atoms with van der Waals surface area (Å²) in [5.74, 6) is 0.473. The molecule has 1 saturated carbocycles. The summed E-state index contributed by atoms with van der Waals surface area (Å²) in [6.07, 6.45) is 4.42. The second-order valence-electron chi connectivity index (χ2n) is 2.97. The highest BCUT2D eigenvalue weighted by Gasteiger charge is 2.59. The number of allylic oxidation sites excluding steroid dienone is 2. The zero-order valence-electron chi connectivity index (χ0n) is 5.30. The number of hydrogen-bond acceptors (Lipinski definition) is 1. The van der Waals surface area contributed by atoms with Gasteiger partial charge in [0.1, 0.15) is 0 Å². The van der Waals surface area contributed by atoms with Crippen LogP contribution in [-0.2, 0) is 0 Å². The molecular formula is C7H8Cl2O. The Morgan fingerprint density at radius 2 is 2.20 bits per heavy atom. The molecule has 1 fully saturated rings. The third-order valence-corrected chi connectivity index (χ3v) is 3.41. The predicted molar refractivity (Wildman–Crippen MR) is 41.2 cm³/mol. The van der Waals surface area contributed by atoms with Crippen molar-refractivity contribution in [3.63, 3.8) is 0 Å². The van der Waals surface area contributed by atoms with Crippen LogP contribution in [0.25, 0.3) is 0 Å². The Hall–Kier alpha value is 0.280. The summed E-state index contributed by atoms with van der Waals surface area (Å²) in [7, 11) is 0. The quantitative estimate of drug-likeness (QED) is 0.443. The van der Waals surface area contributed by atoms with E-state index < -0.39 is 10.4 Å². The number of halogens is 2. The zero-order valence-corrected chi connectivity index (χ0v) is 6.81. The van der Waals surface area contributed by atoms with Gasteiger partial charge in [-0.3, -0.25) is 0 Å². The van der Waals surface area contributed by atoms with Crippen LogP contribution >= 0.6 is 23.2 Å². The molecule has 0 aliphatic heterocycles. The smallest absolute Gasteiger partial charge is 0.150 e. The molecule has 0 heterocycles. The number of fused-ring (bicyclic) bond motifs is 1. The van der Waals surface area contributed by atoms with E-state index in [0.717, 1.165) is 6.42 Å². The molecule has 1 nitrogen and oxygen atoms in total. The number of aliphatic hydroxyl groups excluding tert-OH is 1. The van der Waals surface area contributed by atoms with Crippen molar-refractivity contribution in [2.75, 3.05) is 0 Å². The third kappa shape index (κ3) is 0.635. The van der Waals surface area contributed by atoms with Crippen molar-refractivity contribution < 1.29 is 5.11 Å². The predicted octanol–water partition coefficient (Wildman–Crippen LogP) is 1.73. The van der Waals surface area contributed by atoms with E-state index in [1.807, 2.05) is 12.2 Å². The van der Waals surface area contributed by atoms with Crippen molar-refractivity contribution in [1.29, 1.82) is 0 Å². The van der Waals surface area contributed by atoms with Crippen molar-refractivity contribution in [3.05, 3.63) is 12.2 Å². The molecule has 0 aromatic rings. The molecule has 3 heteroatoms. The van der Waals surface area contributed by atoms with Gasteiger partial charge in [0, 0.05) is 11.8 Å². The van der Waals surface area contributed by atoms with Crippen LogP contribution in [0.2, 0.25) is 0 Å². The highest BCUT2D eigenvalue weighted by atomic mass is 35.5. The SMILES string of the molecule is O[C@@H]1[C@H]2CC=C[C@H]2C1(Cl)Cl. The normalized spacial score (nSPS) is 48.5. The van der Waals surface area contributed by atoms with Gasteiger partial charge >= 0.3 is 0 Å². The Balaban J connectivity index is 2.21. The lowest BCUT2D eigenvalue weighted by molar-refractivity contribution is -0.0159. The zero-order chi connectivity index (χ0) is 7.35. The minimum Gasteiger partial charge on any atom is -0.390 e. The molecular weight excluding hydrogens is 171 g/mol. The van der Waals surface area contributed by atoms with E-state index in [1.165, 1.54) is 0 Å². The van der Waals surface area contributed by atoms with Crippen LogP contribution in [0.5, 0.6) is 0 Å². The summed E-state index contributed by atoms with van der Waals surface area (Å²) in [6, 6.07) is 0. The second-order valence-corrected chi connectivity index (χ2v) is 4.42. The molecule has 3 atom stereocenters. The Morgan fingerprint density at radius 3 is 2.80 bits per heavy atom. The number of rotatable bonds is 0. The van der Waals surface area contributed by atoms with Crippen LogP contribution in [0.15, 0.2) is 12.2 Å². The fraction of sp³-hybridized carbons (Fsp3) is 0.714. The van der Waals surface area contributed by atoms with E-state index in [-0.39, 0.29) is 11.8 Å². The molecule has 0 aromatic heterocycles. The molecule has 2 rings (SSSR count). The van der Waals surface area contributed by atoms with Crippen LogP contribution < -0.4 is 0 Å². The summed E-state index contributed by atoms with van der Waals surface area (Å²) in [5, 5.41) is 9.34. The molecule has 0 spiro atoms. The molecule has 0 bridgehead atoms. The van der Waals surface area contributed by atoms with E-state index >= 15 is 0 Å². The Labute approximate surface area is 69.6 Å². The summed E-state index contributed by atoms with van der Waals surface area (Å²) in [4.78, 5) is 0. The summed E-state index contributed by atoms with van der Waals surface area (Å²) < 4.78 is -0.905. The topological polar surface area (TPSA) is 20.2 Å². The third-order valence-electron chi connectivity index (χ3n) is 2.46. The van der Waals surface area contributed by atoms with E-state index in [4.69, 9.17) is 23.2 Å². The number of hydrogen-bond donors (Lipinski definition) is 1. The minimum absolute atomic E-state index is 0.186. The summed E-state index contributed by atoms with van der Waals surface area (Å²) >= 11 is 11.6. The summed E-state index contributed by atoms with van der Waals surface area (Å²) in [6.45, 7) is 0. The maximum Gasteiger partial charge on any atom is 0.150 e. The van der Waals surface area contributed by atoms with Gasteiger partial charge in [-0.05, 0) is 6.42 Å². The van der Waals surface area contributed by atoms with Gasteiger partial charge in [-0.25, -0.2) is 0 Å². The molecule has 1 N–H and O–H groups in total. The fourth-order valence-electron chi connectivity index (χ4n) is 1.77.